The van der Waals surface area contributed by atoms with Crippen LogP contribution in [0, 0.1) is 6.92 Å². The van der Waals surface area contributed by atoms with Crippen LogP contribution in [0.4, 0.5) is 0 Å². The van der Waals surface area contributed by atoms with Crippen LogP contribution in [0.1, 0.15) is 21.6 Å². The number of carbonyl (C=O) groups excluding carboxylic acids is 1. The Hall–Kier alpha value is -4.10. The number of hydrogen-bond donors (Lipinski definition) is 0. The van der Waals surface area contributed by atoms with E-state index < -0.39 is 0 Å². The van der Waals surface area contributed by atoms with Crippen LogP contribution < -0.4 is 4.74 Å². The number of carbonyl (C=O) groups is 1. The summed E-state index contributed by atoms with van der Waals surface area (Å²) < 4.78 is 13.7. The Balaban J connectivity index is 1.37. The second-order valence-electron chi connectivity index (χ2n) is 8.58. The first-order chi connectivity index (χ1) is 17.6. The standard InChI is InChI=1S/C29H23N3O3S/c1-18-26(22-14-20(34-2)12-13-23(22)32(18)15-19-8-4-3-5-9-19)24(33)16-36-29-28-27(30-17-31-29)21-10-6-7-11-25(21)35-28/h3-14,17H,15-16H2,1-2H3. The van der Waals surface area contributed by atoms with E-state index in [2.05, 4.69) is 26.7 Å². The quantitative estimate of drug-likeness (QED) is 0.141. The predicted octanol–water partition coefficient (Wildman–Crippen LogP) is 6.67. The summed E-state index contributed by atoms with van der Waals surface area (Å²) in [5.41, 5.74) is 5.96. The smallest absolute Gasteiger partial charge is 0.186 e. The van der Waals surface area contributed by atoms with Crippen molar-refractivity contribution in [2.45, 2.75) is 18.5 Å². The van der Waals surface area contributed by atoms with Crippen LogP contribution in [0.25, 0.3) is 33.0 Å². The van der Waals surface area contributed by atoms with Crippen molar-refractivity contribution in [1.82, 2.24) is 14.5 Å². The van der Waals surface area contributed by atoms with E-state index in [0.717, 1.165) is 38.8 Å². The van der Waals surface area contributed by atoms with Crippen molar-refractivity contribution >= 4 is 50.5 Å². The zero-order valence-corrected chi connectivity index (χ0v) is 20.7. The predicted molar refractivity (Wildman–Crippen MR) is 143 cm³/mol. The summed E-state index contributed by atoms with van der Waals surface area (Å²) in [5, 5.41) is 2.49. The maximum absolute atomic E-state index is 13.7. The molecule has 0 bridgehead atoms. The van der Waals surface area contributed by atoms with E-state index in [-0.39, 0.29) is 11.5 Å². The van der Waals surface area contributed by atoms with Gasteiger partial charge in [0.15, 0.2) is 11.4 Å². The van der Waals surface area contributed by atoms with Gasteiger partial charge in [-0.3, -0.25) is 4.79 Å². The summed E-state index contributed by atoms with van der Waals surface area (Å²) in [6.07, 6.45) is 1.53. The molecule has 6 rings (SSSR count). The van der Waals surface area contributed by atoms with Gasteiger partial charge >= 0.3 is 0 Å². The lowest BCUT2D eigenvalue weighted by molar-refractivity contribution is 0.102. The van der Waals surface area contributed by atoms with Crippen molar-refractivity contribution in [3.05, 3.63) is 95.9 Å². The highest BCUT2D eigenvalue weighted by atomic mass is 32.2. The Morgan fingerprint density at radius 3 is 2.64 bits per heavy atom. The molecule has 0 saturated heterocycles. The lowest BCUT2D eigenvalue weighted by Crippen LogP contribution is -2.07. The first-order valence-corrected chi connectivity index (χ1v) is 12.6. The largest absolute Gasteiger partial charge is 0.497 e. The van der Waals surface area contributed by atoms with Crippen molar-refractivity contribution in [3.8, 4) is 5.75 Å². The van der Waals surface area contributed by atoms with Gasteiger partial charge in [-0.2, -0.15) is 0 Å². The van der Waals surface area contributed by atoms with Crippen molar-refractivity contribution in [2.24, 2.45) is 0 Å². The number of ether oxygens (including phenoxy) is 1. The zero-order valence-electron chi connectivity index (χ0n) is 19.9. The molecule has 0 atom stereocenters. The maximum atomic E-state index is 13.7. The molecule has 0 aliphatic carbocycles. The van der Waals surface area contributed by atoms with E-state index in [9.17, 15) is 4.79 Å². The molecular formula is C29H23N3O3S. The number of Topliss-reactive ketones (excluding diaryl/α,β-unsaturated/α-hetero) is 1. The number of furan rings is 1. The molecule has 6 aromatic rings. The third kappa shape index (κ3) is 3.82. The van der Waals surface area contributed by atoms with Crippen LogP contribution in [0.2, 0.25) is 0 Å². The molecule has 3 aromatic carbocycles. The third-order valence-electron chi connectivity index (χ3n) is 6.46. The van der Waals surface area contributed by atoms with Crippen molar-refractivity contribution in [2.75, 3.05) is 12.9 Å². The number of thioether (sulfide) groups is 1. The number of methoxy groups -OCH3 is 1. The fourth-order valence-corrected chi connectivity index (χ4v) is 5.52. The second kappa shape index (κ2) is 9.17. The van der Waals surface area contributed by atoms with Gasteiger partial charge < -0.3 is 13.7 Å². The summed E-state index contributed by atoms with van der Waals surface area (Å²) in [5.74, 6) is 0.984. The molecule has 0 aliphatic heterocycles. The van der Waals surface area contributed by atoms with Gasteiger partial charge in [-0.15, -0.1) is 0 Å². The molecule has 0 fully saturated rings. The average molecular weight is 494 g/mol. The van der Waals surface area contributed by atoms with E-state index in [1.165, 1.54) is 23.7 Å². The molecular weight excluding hydrogens is 470 g/mol. The molecule has 7 heteroatoms. The van der Waals surface area contributed by atoms with Crippen molar-refractivity contribution in [1.29, 1.82) is 0 Å². The third-order valence-corrected chi connectivity index (χ3v) is 7.43. The summed E-state index contributed by atoms with van der Waals surface area (Å²) in [7, 11) is 1.64. The van der Waals surface area contributed by atoms with E-state index in [1.807, 2.05) is 67.6 Å². The van der Waals surface area contributed by atoms with Crippen LogP contribution in [0.15, 0.2) is 88.6 Å². The SMILES string of the molecule is COc1ccc2c(c1)c(C(=O)CSc1ncnc3c1oc1ccccc13)c(C)n2Cc1ccccc1. The van der Waals surface area contributed by atoms with Crippen LogP contribution >= 0.6 is 11.8 Å². The van der Waals surface area contributed by atoms with E-state index >= 15 is 0 Å². The molecule has 3 heterocycles. The van der Waals surface area contributed by atoms with E-state index in [4.69, 9.17) is 9.15 Å². The van der Waals surface area contributed by atoms with Crippen LogP contribution in [-0.4, -0.2) is 33.2 Å². The van der Waals surface area contributed by atoms with Gasteiger partial charge in [0, 0.05) is 34.1 Å². The zero-order chi connectivity index (χ0) is 24.6. The topological polar surface area (TPSA) is 70.2 Å². The summed E-state index contributed by atoms with van der Waals surface area (Å²) in [6, 6.07) is 23.9. The number of nitrogens with zero attached hydrogens (tertiary/aromatic N) is 3. The molecule has 0 saturated carbocycles. The molecule has 6 nitrogen and oxygen atoms in total. The van der Waals surface area contributed by atoms with Crippen LogP contribution in [0.5, 0.6) is 5.75 Å². The number of para-hydroxylation sites is 1. The lowest BCUT2D eigenvalue weighted by Gasteiger charge is -2.09. The minimum Gasteiger partial charge on any atom is -0.497 e. The number of fused-ring (bicyclic) bond motifs is 4. The van der Waals surface area contributed by atoms with Gasteiger partial charge in [0.1, 0.15) is 28.2 Å². The first kappa shape index (κ1) is 22.4. The van der Waals surface area contributed by atoms with E-state index in [0.29, 0.717) is 22.7 Å². The Morgan fingerprint density at radius 1 is 1.00 bits per heavy atom. The van der Waals surface area contributed by atoms with Gasteiger partial charge in [-0.25, -0.2) is 9.97 Å². The molecule has 0 aliphatic rings. The monoisotopic (exact) mass is 493 g/mol. The fourth-order valence-electron chi connectivity index (χ4n) is 4.72. The number of hydrogen-bond acceptors (Lipinski definition) is 6. The van der Waals surface area contributed by atoms with E-state index in [1.54, 1.807) is 7.11 Å². The summed E-state index contributed by atoms with van der Waals surface area (Å²) >= 11 is 1.37. The molecule has 36 heavy (non-hydrogen) atoms. The minimum atomic E-state index is 0.0328. The Kier molecular flexibility index (Phi) is 5.70. The highest BCUT2D eigenvalue weighted by Gasteiger charge is 2.22. The molecule has 0 spiro atoms. The number of benzene rings is 3. The lowest BCUT2D eigenvalue weighted by atomic mass is 10.1. The molecule has 178 valence electrons. The maximum Gasteiger partial charge on any atom is 0.186 e. The van der Waals surface area contributed by atoms with Gasteiger partial charge in [0.2, 0.25) is 0 Å². The normalized spacial score (nSPS) is 11.5. The minimum absolute atomic E-state index is 0.0328. The number of aromatic nitrogens is 3. The molecule has 0 unspecified atom stereocenters. The van der Waals surface area contributed by atoms with Gasteiger partial charge in [0.25, 0.3) is 0 Å². The number of ketones is 1. The Labute approximate surface area is 211 Å². The molecule has 0 radical (unpaired) electrons. The van der Waals surface area contributed by atoms with Gasteiger partial charge in [0.05, 0.1) is 12.9 Å². The second-order valence-corrected chi connectivity index (χ2v) is 9.55. The van der Waals surface area contributed by atoms with Crippen molar-refractivity contribution in [3.63, 3.8) is 0 Å². The first-order valence-electron chi connectivity index (χ1n) is 11.6. The molecule has 0 amide bonds. The van der Waals surface area contributed by atoms with Gasteiger partial charge in [-0.05, 0) is 42.8 Å². The van der Waals surface area contributed by atoms with Crippen molar-refractivity contribution < 1.29 is 13.9 Å². The van der Waals surface area contributed by atoms with Crippen LogP contribution in [0.3, 0.4) is 0 Å². The Bertz CT molecular complexity index is 1740. The summed E-state index contributed by atoms with van der Waals surface area (Å²) in [6.45, 7) is 2.69. The number of rotatable bonds is 7. The fraction of sp³-hybridized carbons (Fsp3) is 0.138. The average Bonchev–Trinajstić information content (AvgIpc) is 3.43. The highest BCUT2D eigenvalue weighted by Crippen LogP contribution is 2.35. The summed E-state index contributed by atoms with van der Waals surface area (Å²) in [4.78, 5) is 22.5. The Morgan fingerprint density at radius 2 is 1.81 bits per heavy atom. The van der Waals surface area contributed by atoms with Crippen LogP contribution in [-0.2, 0) is 6.54 Å². The highest BCUT2D eigenvalue weighted by molar-refractivity contribution is 8.00. The van der Waals surface area contributed by atoms with Gasteiger partial charge in [-0.1, -0.05) is 54.2 Å². The molecule has 3 aromatic heterocycles. The molecule has 0 N–H and O–H groups in total.